The van der Waals surface area contributed by atoms with Crippen LogP contribution in [0.5, 0.6) is 0 Å². The molecule has 2 saturated heterocycles. The number of piperidine rings is 1. The molecule has 0 saturated carbocycles. The molecule has 2 atom stereocenters. The lowest BCUT2D eigenvalue weighted by molar-refractivity contribution is -0.137. The first kappa shape index (κ1) is 8.97. The van der Waals surface area contributed by atoms with Gasteiger partial charge < -0.3 is 14.7 Å². The van der Waals surface area contributed by atoms with E-state index in [9.17, 15) is 9.90 Å². The van der Waals surface area contributed by atoms with Crippen molar-refractivity contribution in [3.05, 3.63) is 0 Å². The molecule has 2 rings (SSSR count). The van der Waals surface area contributed by atoms with E-state index < -0.39 is 6.10 Å². The van der Waals surface area contributed by atoms with Crippen LogP contribution in [0, 0.1) is 0 Å². The molecule has 0 aliphatic carbocycles. The average Bonchev–Trinajstić information content (AvgIpc) is 2.52. The van der Waals surface area contributed by atoms with Crippen LogP contribution in [0.3, 0.4) is 0 Å². The van der Waals surface area contributed by atoms with Gasteiger partial charge in [0.1, 0.15) is 0 Å². The second-order valence-electron chi connectivity index (χ2n) is 3.72. The van der Waals surface area contributed by atoms with Crippen molar-refractivity contribution in [1.82, 2.24) is 4.90 Å². The lowest BCUT2D eigenvalue weighted by atomic mass is 10.1. The fourth-order valence-electron chi connectivity index (χ4n) is 2.01. The number of hydrogen-bond acceptors (Lipinski definition) is 3. The van der Waals surface area contributed by atoms with Crippen molar-refractivity contribution in [2.45, 2.75) is 31.4 Å². The highest BCUT2D eigenvalue weighted by Gasteiger charge is 2.35. The molecule has 1 amide bonds. The summed E-state index contributed by atoms with van der Waals surface area (Å²) in [5.74, 6) is 0.167. The highest BCUT2D eigenvalue weighted by atomic mass is 16.5. The molecule has 1 N–H and O–H groups in total. The topological polar surface area (TPSA) is 49.8 Å². The molecule has 0 aromatic carbocycles. The minimum atomic E-state index is -0.484. The first-order valence-electron chi connectivity index (χ1n) is 4.84. The molecule has 2 unspecified atom stereocenters. The normalized spacial score (nSPS) is 35.5. The molecule has 0 aromatic rings. The third kappa shape index (κ3) is 1.69. The zero-order valence-electron chi connectivity index (χ0n) is 7.61. The molecule has 2 aliphatic heterocycles. The minimum Gasteiger partial charge on any atom is -0.388 e. The maximum absolute atomic E-state index is 11.5. The zero-order chi connectivity index (χ0) is 9.26. The Labute approximate surface area is 77.5 Å². The van der Waals surface area contributed by atoms with Crippen molar-refractivity contribution in [2.24, 2.45) is 0 Å². The number of carbonyl (C=O) groups is 1. The van der Waals surface area contributed by atoms with E-state index in [4.69, 9.17) is 4.74 Å². The van der Waals surface area contributed by atoms with Gasteiger partial charge in [-0.1, -0.05) is 0 Å². The third-order valence-electron chi connectivity index (χ3n) is 2.78. The van der Waals surface area contributed by atoms with Crippen LogP contribution in [-0.4, -0.2) is 47.8 Å². The number of aliphatic hydroxyl groups is 1. The van der Waals surface area contributed by atoms with Gasteiger partial charge in [0.25, 0.3) is 0 Å². The summed E-state index contributed by atoms with van der Waals surface area (Å²) in [5, 5.41) is 9.54. The first-order valence-corrected chi connectivity index (χ1v) is 4.84. The van der Waals surface area contributed by atoms with Crippen molar-refractivity contribution in [1.29, 1.82) is 0 Å². The van der Waals surface area contributed by atoms with Crippen LogP contribution in [0.25, 0.3) is 0 Å². The molecule has 2 heterocycles. The molecule has 0 radical (unpaired) electrons. The number of aliphatic hydroxyl groups excluding tert-OH is 1. The summed E-state index contributed by atoms with van der Waals surface area (Å²) in [6, 6.07) is -0.0900. The maximum Gasteiger partial charge on any atom is 0.222 e. The van der Waals surface area contributed by atoms with E-state index >= 15 is 0 Å². The summed E-state index contributed by atoms with van der Waals surface area (Å²) < 4.78 is 5.13. The summed E-state index contributed by atoms with van der Waals surface area (Å²) in [6.45, 7) is 1.64. The van der Waals surface area contributed by atoms with E-state index in [0.29, 0.717) is 19.6 Å². The summed E-state index contributed by atoms with van der Waals surface area (Å²) >= 11 is 0. The number of ether oxygens (including phenoxy) is 1. The Balaban J connectivity index is 2.01. The Morgan fingerprint density at radius 3 is 2.85 bits per heavy atom. The van der Waals surface area contributed by atoms with Crippen LogP contribution in [0.4, 0.5) is 0 Å². The number of carbonyl (C=O) groups excluding carboxylic acids is 1. The van der Waals surface area contributed by atoms with Gasteiger partial charge in [-0.3, -0.25) is 4.79 Å². The Morgan fingerprint density at radius 1 is 1.38 bits per heavy atom. The van der Waals surface area contributed by atoms with Gasteiger partial charge in [0, 0.05) is 13.0 Å². The van der Waals surface area contributed by atoms with Gasteiger partial charge in [-0.15, -0.1) is 0 Å². The molecule has 0 bridgehead atoms. The molecule has 0 spiro atoms. The van der Waals surface area contributed by atoms with E-state index in [0.717, 1.165) is 19.4 Å². The van der Waals surface area contributed by atoms with Crippen LogP contribution in [0.15, 0.2) is 0 Å². The molecular weight excluding hydrogens is 170 g/mol. The molecule has 4 nitrogen and oxygen atoms in total. The quantitative estimate of drug-likeness (QED) is 0.613. The molecule has 2 aliphatic rings. The van der Waals surface area contributed by atoms with Crippen molar-refractivity contribution >= 4 is 5.91 Å². The van der Waals surface area contributed by atoms with Gasteiger partial charge in [0.2, 0.25) is 5.91 Å². The standard InChI is InChI=1S/C9H15NO3/c11-8-6-13-5-7(8)10-4-2-1-3-9(10)12/h7-8,11H,1-6H2. The molecular formula is C9H15NO3. The smallest absolute Gasteiger partial charge is 0.222 e. The lowest BCUT2D eigenvalue weighted by Crippen LogP contribution is -2.48. The van der Waals surface area contributed by atoms with E-state index in [-0.39, 0.29) is 11.9 Å². The predicted octanol–water partition coefficient (Wildman–Crippen LogP) is -0.241. The predicted molar refractivity (Wildman–Crippen MR) is 46.2 cm³/mol. The summed E-state index contributed by atoms with van der Waals surface area (Å²) in [4.78, 5) is 13.3. The molecule has 4 heteroatoms. The third-order valence-corrected chi connectivity index (χ3v) is 2.78. The monoisotopic (exact) mass is 185 g/mol. The Kier molecular flexibility index (Phi) is 2.51. The lowest BCUT2D eigenvalue weighted by Gasteiger charge is -2.32. The Morgan fingerprint density at radius 2 is 2.23 bits per heavy atom. The number of hydrogen-bond donors (Lipinski definition) is 1. The molecule has 2 fully saturated rings. The Bertz CT molecular complexity index is 207. The second kappa shape index (κ2) is 3.64. The average molecular weight is 185 g/mol. The summed E-state index contributed by atoms with van der Waals surface area (Å²) in [6.07, 6.45) is 2.18. The van der Waals surface area contributed by atoms with Gasteiger partial charge in [-0.25, -0.2) is 0 Å². The van der Waals surface area contributed by atoms with Gasteiger partial charge in [0.15, 0.2) is 0 Å². The zero-order valence-corrected chi connectivity index (χ0v) is 7.61. The van der Waals surface area contributed by atoms with Crippen LogP contribution in [0.2, 0.25) is 0 Å². The van der Waals surface area contributed by atoms with Crippen LogP contribution in [-0.2, 0) is 9.53 Å². The van der Waals surface area contributed by atoms with E-state index in [2.05, 4.69) is 0 Å². The van der Waals surface area contributed by atoms with Gasteiger partial charge in [-0.2, -0.15) is 0 Å². The summed E-state index contributed by atoms with van der Waals surface area (Å²) in [7, 11) is 0. The van der Waals surface area contributed by atoms with Crippen LogP contribution in [0.1, 0.15) is 19.3 Å². The van der Waals surface area contributed by atoms with Crippen molar-refractivity contribution < 1.29 is 14.6 Å². The van der Waals surface area contributed by atoms with Crippen molar-refractivity contribution in [3.63, 3.8) is 0 Å². The van der Waals surface area contributed by atoms with Gasteiger partial charge in [-0.05, 0) is 12.8 Å². The second-order valence-corrected chi connectivity index (χ2v) is 3.72. The highest BCUT2D eigenvalue weighted by Crippen LogP contribution is 2.19. The maximum atomic E-state index is 11.5. The van der Waals surface area contributed by atoms with Crippen LogP contribution >= 0.6 is 0 Å². The van der Waals surface area contributed by atoms with Crippen molar-refractivity contribution in [2.75, 3.05) is 19.8 Å². The number of amides is 1. The van der Waals surface area contributed by atoms with Gasteiger partial charge >= 0.3 is 0 Å². The highest BCUT2D eigenvalue weighted by molar-refractivity contribution is 5.77. The fraction of sp³-hybridized carbons (Fsp3) is 0.889. The van der Waals surface area contributed by atoms with Gasteiger partial charge in [0.05, 0.1) is 25.4 Å². The SMILES string of the molecule is O=C1CCCCN1C1COCC1O. The number of nitrogens with zero attached hydrogens (tertiary/aromatic N) is 1. The Hall–Kier alpha value is -0.610. The summed E-state index contributed by atoms with van der Waals surface area (Å²) in [5.41, 5.74) is 0. The van der Waals surface area contributed by atoms with E-state index in [1.807, 2.05) is 0 Å². The van der Waals surface area contributed by atoms with Crippen molar-refractivity contribution in [3.8, 4) is 0 Å². The largest absolute Gasteiger partial charge is 0.388 e. The number of likely N-dealkylation sites (tertiary alicyclic amines) is 1. The van der Waals surface area contributed by atoms with E-state index in [1.165, 1.54) is 0 Å². The molecule has 13 heavy (non-hydrogen) atoms. The van der Waals surface area contributed by atoms with E-state index in [1.54, 1.807) is 4.90 Å². The fourth-order valence-corrected chi connectivity index (χ4v) is 2.01. The number of rotatable bonds is 1. The van der Waals surface area contributed by atoms with Crippen LogP contribution < -0.4 is 0 Å². The minimum absolute atomic E-state index is 0.0900. The molecule has 74 valence electrons. The molecule has 0 aromatic heterocycles. The first-order chi connectivity index (χ1) is 6.29.